The summed E-state index contributed by atoms with van der Waals surface area (Å²) < 4.78 is 16.7. The predicted molar refractivity (Wildman–Crippen MR) is 107 cm³/mol. The molecule has 1 saturated heterocycles. The maximum absolute atomic E-state index is 12.7. The molecule has 2 aromatic carbocycles. The molecule has 1 N–H and O–H groups in total. The van der Waals surface area contributed by atoms with Gasteiger partial charge in [-0.15, -0.1) is 0 Å². The van der Waals surface area contributed by atoms with Gasteiger partial charge in [-0.3, -0.25) is 4.79 Å². The number of nitrogens with zero attached hydrogens (tertiary/aromatic N) is 1. The molecule has 2 aliphatic heterocycles. The number of benzene rings is 2. The second kappa shape index (κ2) is 7.66. The van der Waals surface area contributed by atoms with E-state index in [0.717, 1.165) is 5.56 Å². The molecule has 2 aromatic rings. The first kappa shape index (κ1) is 19.1. The van der Waals surface area contributed by atoms with E-state index in [-0.39, 0.29) is 11.8 Å². The van der Waals surface area contributed by atoms with Crippen molar-refractivity contribution in [2.24, 2.45) is 0 Å². The minimum atomic E-state index is -0.633. The highest BCUT2D eigenvalue weighted by molar-refractivity contribution is 6.00. The lowest BCUT2D eigenvalue weighted by atomic mass is 9.89. The number of amides is 2. The third kappa shape index (κ3) is 3.72. The number of urea groups is 1. The molecule has 0 bridgehead atoms. The summed E-state index contributed by atoms with van der Waals surface area (Å²) in [6, 6.07) is 12.6. The molecule has 1 atom stereocenters. The first-order valence-electron chi connectivity index (χ1n) is 9.58. The van der Waals surface area contributed by atoms with Crippen molar-refractivity contribution >= 4 is 11.8 Å². The van der Waals surface area contributed by atoms with Crippen LogP contribution in [0.2, 0.25) is 0 Å². The molecule has 7 heteroatoms. The van der Waals surface area contributed by atoms with Gasteiger partial charge in [0, 0.05) is 19.5 Å². The first-order valence-corrected chi connectivity index (χ1v) is 9.58. The number of methoxy groups -OCH3 is 2. The molecule has 1 spiro atoms. The van der Waals surface area contributed by atoms with Crippen LogP contribution in [-0.4, -0.2) is 49.6 Å². The third-order valence-electron chi connectivity index (χ3n) is 5.49. The summed E-state index contributed by atoms with van der Waals surface area (Å²) in [5, 5.41) is 2.93. The Hall–Kier alpha value is -3.22. The number of carbonyl (C=O) groups is 2. The van der Waals surface area contributed by atoms with Gasteiger partial charge in [0.05, 0.1) is 32.7 Å². The van der Waals surface area contributed by atoms with Crippen molar-refractivity contribution in [2.75, 3.05) is 27.3 Å². The van der Waals surface area contributed by atoms with Crippen molar-refractivity contribution in [1.82, 2.24) is 10.2 Å². The van der Waals surface area contributed by atoms with Gasteiger partial charge < -0.3 is 24.4 Å². The van der Waals surface area contributed by atoms with Crippen LogP contribution >= 0.6 is 0 Å². The van der Waals surface area contributed by atoms with Crippen molar-refractivity contribution in [3.63, 3.8) is 0 Å². The fourth-order valence-electron chi connectivity index (χ4n) is 3.97. The Morgan fingerprint density at radius 2 is 1.97 bits per heavy atom. The molecule has 2 heterocycles. The first-order chi connectivity index (χ1) is 14.0. The summed E-state index contributed by atoms with van der Waals surface area (Å²) >= 11 is 0. The summed E-state index contributed by atoms with van der Waals surface area (Å²) in [5.74, 6) is 1.94. The number of hydrogen-bond donors (Lipinski definition) is 1. The average Bonchev–Trinajstić information content (AvgIpc) is 3.14. The summed E-state index contributed by atoms with van der Waals surface area (Å²) in [6.45, 7) is 1.31. The summed E-state index contributed by atoms with van der Waals surface area (Å²) in [5.41, 5.74) is 0.893. The maximum atomic E-state index is 12.7. The quantitative estimate of drug-likeness (QED) is 0.860. The molecule has 2 aliphatic rings. The smallest absolute Gasteiger partial charge is 0.317 e. The summed E-state index contributed by atoms with van der Waals surface area (Å²) in [6.07, 6.45) is 0.931. The van der Waals surface area contributed by atoms with E-state index in [1.54, 1.807) is 25.2 Å². The number of carbonyl (C=O) groups excluding carboxylic acids is 2. The minimum Gasteiger partial charge on any atom is -0.493 e. The fourth-order valence-corrected chi connectivity index (χ4v) is 3.97. The zero-order chi connectivity index (χ0) is 20.4. The van der Waals surface area contributed by atoms with Gasteiger partial charge in [0.1, 0.15) is 11.4 Å². The van der Waals surface area contributed by atoms with Gasteiger partial charge in [0.2, 0.25) is 0 Å². The lowest BCUT2D eigenvalue weighted by Crippen LogP contribution is -2.47. The van der Waals surface area contributed by atoms with E-state index in [1.807, 2.05) is 36.4 Å². The lowest BCUT2D eigenvalue weighted by Gasteiger charge is -2.34. The Morgan fingerprint density at radius 3 is 2.76 bits per heavy atom. The van der Waals surface area contributed by atoms with Gasteiger partial charge in [-0.25, -0.2) is 4.79 Å². The highest BCUT2D eigenvalue weighted by Gasteiger charge is 2.46. The van der Waals surface area contributed by atoms with Gasteiger partial charge >= 0.3 is 6.03 Å². The van der Waals surface area contributed by atoms with Gasteiger partial charge in [0.25, 0.3) is 0 Å². The van der Waals surface area contributed by atoms with Crippen LogP contribution in [0.5, 0.6) is 17.2 Å². The number of Topliss-reactive ketones (excluding diaryl/α,β-unsaturated/α-hetero) is 1. The Kier molecular flexibility index (Phi) is 5.05. The largest absolute Gasteiger partial charge is 0.493 e. The van der Waals surface area contributed by atoms with E-state index < -0.39 is 5.60 Å². The molecule has 152 valence electrons. The van der Waals surface area contributed by atoms with E-state index in [9.17, 15) is 9.59 Å². The molecule has 1 fully saturated rings. The molecular formula is C22H24N2O5. The van der Waals surface area contributed by atoms with E-state index in [4.69, 9.17) is 14.2 Å². The number of ketones is 1. The number of para-hydroxylation sites is 1. The molecule has 0 aliphatic carbocycles. The number of ether oxygens (including phenoxy) is 3. The fraction of sp³-hybridized carbons (Fsp3) is 0.364. The molecule has 29 heavy (non-hydrogen) atoms. The Balaban J connectivity index is 1.39. The Morgan fingerprint density at radius 1 is 1.17 bits per heavy atom. The van der Waals surface area contributed by atoms with Crippen LogP contribution in [-0.2, 0) is 6.54 Å². The van der Waals surface area contributed by atoms with Crippen LogP contribution in [0.4, 0.5) is 4.79 Å². The molecule has 2 amide bonds. The number of nitrogens with one attached hydrogen (secondary N) is 1. The topological polar surface area (TPSA) is 77.1 Å². The molecule has 1 unspecified atom stereocenters. The highest BCUT2D eigenvalue weighted by Crippen LogP contribution is 2.38. The van der Waals surface area contributed by atoms with Crippen LogP contribution in [0.3, 0.4) is 0 Å². The molecule has 0 saturated carbocycles. The maximum Gasteiger partial charge on any atom is 0.317 e. The van der Waals surface area contributed by atoms with Gasteiger partial charge in [-0.05, 0) is 29.8 Å². The highest BCUT2D eigenvalue weighted by atomic mass is 16.5. The van der Waals surface area contributed by atoms with Crippen molar-refractivity contribution in [3.05, 3.63) is 53.6 Å². The van der Waals surface area contributed by atoms with Gasteiger partial charge in [-0.2, -0.15) is 0 Å². The third-order valence-corrected chi connectivity index (χ3v) is 5.49. The number of rotatable bonds is 4. The molecule has 0 radical (unpaired) electrons. The van der Waals surface area contributed by atoms with E-state index in [1.165, 1.54) is 0 Å². The van der Waals surface area contributed by atoms with Gasteiger partial charge in [-0.1, -0.05) is 18.2 Å². The van der Waals surface area contributed by atoms with Gasteiger partial charge in [0.15, 0.2) is 17.3 Å². The Labute approximate surface area is 169 Å². The van der Waals surface area contributed by atoms with E-state index in [0.29, 0.717) is 55.3 Å². The Bertz CT molecular complexity index is 945. The van der Waals surface area contributed by atoms with E-state index >= 15 is 0 Å². The van der Waals surface area contributed by atoms with Crippen LogP contribution in [0, 0.1) is 0 Å². The van der Waals surface area contributed by atoms with Crippen molar-refractivity contribution < 1.29 is 23.8 Å². The molecule has 0 aromatic heterocycles. The predicted octanol–water partition coefficient (Wildman–Crippen LogP) is 3.02. The van der Waals surface area contributed by atoms with Crippen LogP contribution in [0.25, 0.3) is 0 Å². The second-order valence-corrected chi connectivity index (χ2v) is 7.40. The molecule has 7 nitrogen and oxygen atoms in total. The zero-order valence-corrected chi connectivity index (χ0v) is 16.6. The van der Waals surface area contributed by atoms with Crippen molar-refractivity contribution in [2.45, 2.75) is 25.0 Å². The molecule has 4 rings (SSSR count). The molecular weight excluding hydrogens is 372 g/mol. The average molecular weight is 396 g/mol. The van der Waals surface area contributed by atoms with E-state index in [2.05, 4.69) is 5.32 Å². The number of fused-ring (bicyclic) bond motifs is 1. The zero-order valence-electron chi connectivity index (χ0n) is 16.6. The van der Waals surface area contributed by atoms with Crippen molar-refractivity contribution in [3.8, 4) is 17.2 Å². The normalized spacial score (nSPS) is 20.2. The standard InChI is InChI=1S/C22H24N2O5/c1-27-19-8-7-15(11-20(19)28-2)13-23-21(26)24-10-9-22(14-24)12-17(25)16-5-3-4-6-18(16)29-22/h3-8,11H,9-10,12-14H2,1-2H3,(H,23,26). The van der Waals surface area contributed by atoms with Crippen LogP contribution < -0.4 is 19.5 Å². The number of likely N-dealkylation sites (tertiary alicyclic amines) is 1. The minimum absolute atomic E-state index is 0.0689. The lowest BCUT2D eigenvalue weighted by molar-refractivity contribution is 0.0478. The monoisotopic (exact) mass is 396 g/mol. The summed E-state index contributed by atoms with van der Waals surface area (Å²) in [7, 11) is 3.16. The number of hydrogen-bond acceptors (Lipinski definition) is 5. The SMILES string of the molecule is COc1ccc(CNC(=O)N2CCC3(CC(=O)c4ccccc4O3)C2)cc1OC. The summed E-state index contributed by atoms with van der Waals surface area (Å²) in [4.78, 5) is 26.9. The second-order valence-electron chi connectivity index (χ2n) is 7.40. The van der Waals surface area contributed by atoms with Crippen LogP contribution in [0.15, 0.2) is 42.5 Å². The van der Waals surface area contributed by atoms with Crippen molar-refractivity contribution in [1.29, 1.82) is 0 Å². The van der Waals surface area contributed by atoms with Crippen LogP contribution in [0.1, 0.15) is 28.8 Å².